The van der Waals surface area contributed by atoms with E-state index < -0.39 is 10.0 Å². The first kappa shape index (κ1) is 21.5. The SMILES string of the molecule is Cc1cc(C)n(-c2cc(N3CCN(S(=O)(=O)c4cc(C)c(C)cc4C)CC3)ncn2)n1. The summed E-state index contributed by atoms with van der Waals surface area (Å²) in [5.41, 5.74) is 4.81. The van der Waals surface area contributed by atoms with E-state index in [1.807, 2.05) is 52.8 Å². The molecule has 1 aromatic carbocycles. The van der Waals surface area contributed by atoms with Crippen LogP contribution < -0.4 is 4.90 Å². The molecule has 4 rings (SSSR count). The normalized spacial score (nSPS) is 15.5. The number of aryl methyl sites for hydroxylation is 5. The Morgan fingerprint density at radius 1 is 0.774 bits per heavy atom. The van der Waals surface area contributed by atoms with Crippen molar-refractivity contribution >= 4 is 15.8 Å². The van der Waals surface area contributed by atoms with Gasteiger partial charge in [-0.2, -0.15) is 9.40 Å². The third-order valence-electron chi connectivity index (χ3n) is 5.84. The minimum atomic E-state index is -3.53. The molecule has 8 nitrogen and oxygen atoms in total. The molecule has 0 aliphatic carbocycles. The molecule has 0 saturated carbocycles. The maximum Gasteiger partial charge on any atom is 0.243 e. The lowest BCUT2D eigenvalue weighted by Gasteiger charge is -2.35. The molecule has 1 fully saturated rings. The first-order valence-corrected chi connectivity index (χ1v) is 11.8. The molecule has 9 heteroatoms. The second-order valence-electron chi connectivity index (χ2n) is 8.17. The molecule has 0 atom stereocenters. The monoisotopic (exact) mass is 440 g/mol. The summed E-state index contributed by atoms with van der Waals surface area (Å²) in [6, 6.07) is 7.63. The molecule has 164 valence electrons. The maximum absolute atomic E-state index is 13.3. The molecule has 3 heterocycles. The summed E-state index contributed by atoms with van der Waals surface area (Å²) in [4.78, 5) is 11.3. The Labute approximate surface area is 183 Å². The highest BCUT2D eigenvalue weighted by molar-refractivity contribution is 7.89. The van der Waals surface area contributed by atoms with Gasteiger partial charge in [0, 0.05) is 37.9 Å². The fraction of sp³-hybridized carbons (Fsp3) is 0.409. The summed E-state index contributed by atoms with van der Waals surface area (Å²) < 4.78 is 29.9. The Morgan fingerprint density at radius 3 is 2.06 bits per heavy atom. The minimum Gasteiger partial charge on any atom is -0.354 e. The number of anilines is 1. The Kier molecular flexibility index (Phi) is 5.57. The van der Waals surface area contributed by atoms with Crippen LogP contribution in [0, 0.1) is 34.6 Å². The van der Waals surface area contributed by atoms with Gasteiger partial charge in [0.1, 0.15) is 12.1 Å². The molecule has 0 bridgehead atoms. The zero-order chi connectivity index (χ0) is 22.3. The molecule has 0 radical (unpaired) electrons. The summed E-state index contributed by atoms with van der Waals surface area (Å²) >= 11 is 0. The van der Waals surface area contributed by atoms with Gasteiger partial charge >= 0.3 is 0 Å². The van der Waals surface area contributed by atoms with Crippen molar-refractivity contribution < 1.29 is 8.42 Å². The predicted molar refractivity (Wildman–Crippen MR) is 120 cm³/mol. The molecule has 1 saturated heterocycles. The van der Waals surface area contributed by atoms with Crippen LogP contribution in [0.25, 0.3) is 5.82 Å². The number of benzene rings is 1. The number of piperazine rings is 1. The van der Waals surface area contributed by atoms with E-state index in [1.165, 1.54) is 6.33 Å². The lowest BCUT2D eigenvalue weighted by Crippen LogP contribution is -2.49. The van der Waals surface area contributed by atoms with Gasteiger partial charge in [0.2, 0.25) is 10.0 Å². The van der Waals surface area contributed by atoms with Crippen molar-refractivity contribution in [1.29, 1.82) is 0 Å². The largest absolute Gasteiger partial charge is 0.354 e. The van der Waals surface area contributed by atoms with Gasteiger partial charge in [0.15, 0.2) is 5.82 Å². The minimum absolute atomic E-state index is 0.401. The Bertz CT molecular complexity index is 1230. The van der Waals surface area contributed by atoms with Crippen LogP contribution in [0.3, 0.4) is 0 Å². The summed E-state index contributed by atoms with van der Waals surface area (Å²) in [6.07, 6.45) is 1.53. The van der Waals surface area contributed by atoms with Crippen LogP contribution in [0.2, 0.25) is 0 Å². The first-order chi connectivity index (χ1) is 14.7. The molecule has 31 heavy (non-hydrogen) atoms. The van der Waals surface area contributed by atoms with Gasteiger partial charge < -0.3 is 4.90 Å². The van der Waals surface area contributed by atoms with E-state index in [0.29, 0.717) is 36.9 Å². The molecule has 0 N–H and O–H groups in total. The average molecular weight is 441 g/mol. The molecule has 1 aliphatic rings. The van der Waals surface area contributed by atoms with Crippen LogP contribution in [0.15, 0.2) is 35.5 Å². The van der Waals surface area contributed by atoms with Gasteiger partial charge in [-0.05, 0) is 63.4 Å². The number of aromatic nitrogens is 4. The highest BCUT2D eigenvalue weighted by Crippen LogP contribution is 2.25. The van der Waals surface area contributed by atoms with E-state index in [4.69, 9.17) is 0 Å². The van der Waals surface area contributed by atoms with Crippen molar-refractivity contribution in [2.45, 2.75) is 39.5 Å². The second-order valence-corrected chi connectivity index (χ2v) is 10.1. The van der Waals surface area contributed by atoms with E-state index in [1.54, 1.807) is 15.1 Å². The maximum atomic E-state index is 13.3. The zero-order valence-corrected chi connectivity index (χ0v) is 19.4. The van der Waals surface area contributed by atoms with Gasteiger partial charge in [-0.3, -0.25) is 0 Å². The van der Waals surface area contributed by atoms with E-state index in [9.17, 15) is 8.42 Å². The van der Waals surface area contributed by atoms with Crippen LogP contribution in [-0.4, -0.2) is 58.7 Å². The van der Waals surface area contributed by atoms with Crippen LogP contribution in [0.5, 0.6) is 0 Å². The molecular weight excluding hydrogens is 412 g/mol. The van der Waals surface area contributed by atoms with E-state index in [-0.39, 0.29) is 0 Å². The summed E-state index contributed by atoms with van der Waals surface area (Å²) in [7, 11) is -3.53. The van der Waals surface area contributed by atoms with Crippen LogP contribution in [0.4, 0.5) is 5.82 Å². The molecule has 2 aromatic heterocycles. The molecule has 0 amide bonds. The number of hydrogen-bond donors (Lipinski definition) is 0. The lowest BCUT2D eigenvalue weighted by atomic mass is 10.1. The standard InChI is InChI=1S/C22H28N6O2S/c1-15-10-17(3)20(11-16(15)2)31(29,30)27-8-6-26(7-9-27)21-13-22(24-14-23-21)28-19(5)12-18(4)25-28/h10-14H,6-9H2,1-5H3. The fourth-order valence-corrected chi connectivity index (χ4v) is 5.71. The fourth-order valence-electron chi connectivity index (χ4n) is 4.00. The number of nitrogens with zero attached hydrogens (tertiary/aromatic N) is 6. The quantitative estimate of drug-likeness (QED) is 0.620. The highest BCUT2D eigenvalue weighted by Gasteiger charge is 2.30. The predicted octanol–water partition coefficient (Wildman–Crippen LogP) is 2.72. The van der Waals surface area contributed by atoms with Crippen LogP contribution in [0.1, 0.15) is 28.1 Å². The summed E-state index contributed by atoms with van der Waals surface area (Å²) in [5, 5.41) is 4.49. The zero-order valence-electron chi connectivity index (χ0n) is 18.6. The lowest BCUT2D eigenvalue weighted by molar-refractivity contribution is 0.383. The third-order valence-corrected chi connectivity index (χ3v) is 7.88. The van der Waals surface area contributed by atoms with Gasteiger partial charge in [-0.15, -0.1) is 0 Å². The van der Waals surface area contributed by atoms with Crippen molar-refractivity contribution in [3.63, 3.8) is 0 Å². The van der Waals surface area contributed by atoms with Crippen LogP contribution >= 0.6 is 0 Å². The number of hydrogen-bond acceptors (Lipinski definition) is 6. The average Bonchev–Trinajstić information content (AvgIpc) is 3.09. The van der Waals surface area contributed by atoms with Crippen molar-refractivity contribution in [2.75, 3.05) is 31.1 Å². The molecule has 0 unspecified atom stereocenters. The van der Waals surface area contributed by atoms with E-state index >= 15 is 0 Å². The van der Waals surface area contributed by atoms with Crippen molar-refractivity contribution in [3.8, 4) is 5.82 Å². The summed E-state index contributed by atoms with van der Waals surface area (Å²) in [6.45, 7) is 11.7. The van der Waals surface area contributed by atoms with Crippen molar-refractivity contribution in [3.05, 3.63) is 58.7 Å². The molecule has 3 aromatic rings. The second kappa shape index (κ2) is 8.05. The van der Waals surface area contributed by atoms with Gasteiger partial charge in [-0.1, -0.05) is 6.07 Å². The van der Waals surface area contributed by atoms with Crippen molar-refractivity contribution in [2.24, 2.45) is 0 Å². The highest BCUT2D eigenvalue weighted by atomic mass is 32.2. The molecule has 1 aliphatic heterocycles. The van der Waals surface area contributed by atoms with Crippen LogP contribution in [-0.2, 0) is 10.0 Å². The van der Waals surface area contributed by atoms with Gasteiger partial charge in [-0.25, -0.2) is 23.1 Å². The Balaban J connectivity index is 1.52. The van der Waals surface area contributed by atoms with Gasteiger partial charge in [0.25, 0.3) is 0 Å². The number of sulfonamides is 1. The Morgan fingerprint density at radius 2 is 1.42 bits per heavy atom. The van der Waals surface area contributed by atoms with Gasteiger partial charge in [0.05, 0.1) is 10.6 Å². The summed E-state index contributed by atoms with van der Waals surface area (Å²) in [5.74, 6) is 1.48. The third kappa shape index (κ3) is 4.07. The van der Waals surface area contributed by atoms with E-state index in [2.05, 4.69) is 20.0 Å². The van der Waals surface area contributed by atoms with Crippen molar-refractivity contribution in [1.82, 2.24) is 24.1 Å². The number of rotatable bonds is 4. The smallest absolute Gasteiger partial charge is 0.243 e. The molecular formula is C22H28N6O2S. The first-order valence-electron chi connectivity index (χ1n) is 10.4. The van der Waals surface area contributed by atoms with E-state index in [0.717, 1.165) is 33.9 Å². The topological polar surface area (TPSA) is 84.2 Å². The Hall–Kier alpha value is -2.78. The molecule has 0 spiro atoms.